The summed E-state index contributed by atoms with van der Waals surface area (Å²) < 4.78 is 19.0. The lowest BCUT2D eigenvalue weighted by molar-refractivity contribution is -0.134. The van der Waals surface area contributed by atoms with E-state index in [0.717, 1.165) is 11.1 Å². The molecule has 1 heterocycles. The van der Waals surface area contributed by atoms with Crippen LogP contribution in [0.1, 0.15) is 17.2 Å². The molecule has 5 heteroatoms. The third kappa shape index (κ3) is 3.39. The monoisotopic (exact) mass is 375 g/mol. The Balaban J connectivity index is 1.52. The van der Waals surface area contributed by atoms with E-state index in [1.807, 2.05) is 54.6 Å². The first-order chi connectivity index (χ1) is 13.7. The molecule has 1 saturated heterocycles. The van der Waals surface area contributed by atoms with Crippen molar-refractivity contribution in [2.75, 3.05) is 4.90 Å². The molecule has 1 aliphatic heterocycles. The number of nitrogens with zero attached hydrogens (tertiary/aromatic N) is 1. The van der Waals surface area contributed by atoms with Gasteiger partial charge in [-0.05, 0) is 47.5 Å². The molecule has 28 heavy (non-hydrogen) atoms. The summed E-state index contributed by atoms with van der Waals surface area (Å²) in [7, 11) is 0. The Labute approximate surface area is 162 Å². The molecule has 1 fully saturated rings. The number of carbonyl (C=O) groups is 2. The molecule has 1 amide bonds. The highest BCUT2D eigenvalue weighted by Crippen LogP contribution is 2.42. The van der Waals surface area contributed by atoms with Crippen molar-refractivity contribution in [3.05, 3.63) is 95.8 Å². The van der Waals surface area contributed by atoms with Crippen LogP contribution in [-0.2, 0) is 16.2 Å². The Bertz CT molecular complexity index is 971. The van der Waals surface area contributed by atoms with Crippen LogP contribution >= 0.6 is 0 Å². The van der Waals surface area contributed by atoms with Gasteiger partial charge in [-0.3, -0.25) is 4.79 Å². The SMILES string of the molecule is O=C[C@H]1C(=O)N(c2ccc(F)cc2)C1c1ccc(OCc2ccccc2)cc1. The number of hydrogen-bond acceptors (Lipinski definition) is 3. The lowest BCUT2D eigenvalue weighted by Crippen LogP contribution is -2.56. The van der Waals surface area contributed by atoms with E-state index < -0.39 is 12.0 Å². The Kier molecular flexibility index (Phi) is 4.89. The maximum Gasteiger partial charge on any atom is 0.240 e. The molecule has 0 saturated carbocycles. The molecule has 2 atom stereocenters. The molecular weight excluding hydrogens is 357 g/mol. The number of β-lactam (4-membered cyclic amide) rings is 1. The van der Waals surface area contributed by atoms with Gasteiger partial charge in [-0.2, -0.15) is 0 Å². The van der Waals surface area contributed by atoms with Gasteiger partial charge in [-0.15, -0.1) is 0 Å². The largest absolute Gasteiger partial charge is 0.489 e. The van der Waals surface area contributed by atoms with Gasteiger partial charge in [-0.1, -0.05) is 42.5 Å². The third-order valence-corrected chi connectivity index (χ3v) is 4.86. The van der Waals surface area contributed by atoms with Gasteiger partial charge in [0.1, 0.15) is 30.4 Å². The summed E-state index contributed by atoms with van der Waals surface area (Å²) in [4.78, 5) is 25.3. The van der Waals surface area contributed by atoms with Crippen molar-refractivity contribution >= 4 is 17.9 Å². The van der Waals surface area contributed by atoms with Gasteiger partial charge in [0.25, 0.3) is 0 Å². The number of hydrogen-bond donors (Lipinski definition) is 0. The molecule has 0 aliphatic carbocycles. The number of rotatable bonds is 6. The van der Waals surface area contributed by atoms with Gasteiger partial charge >= 0.3 is 0 Å². The Morgan fingerprint density at radius 1 is 0.929 bits per heavy atom. The van der Waals surface area contributed by atoms with Crippen molar-refractivity contribution in [2.45, 2.75) is 12.6 Å². The van der Waals surface area contributed by atoms with E-state index >= 15 is 0 Å². The van der Waals surface area contributed by atoms with Crippen molar-refractivity contribution in [1.82, 2.24) is 0 Å². The minimum atomic E-state index is -0.735. The predicted molar refractivity (Wildman–Crippen MR) is 103 cm³/mol. The molecule has 0 N–H and O–H groups in total. The number of amides is 1. The average molecular weight is 375 g/mol. The van der Waals surface area contributed by atoms with Crippen LogP contribution in [0.4, 0.5) is 10.1 Å². The Morgan fingerprint density at radius 3 is 2.25 bits per heavy atom. The minimum absolute atomic E-state index is 0.281. The molecule has 3 aromatic carbocycles. The molecule has 4 rings (SSSR count). The zero-order valence-electron chi connectivity index (χ0n) is 15.0. The first-order valence-electron chi connectivity index (χ1n) is 8.98. The zero-order chi connectivity index (χ0) is 19.5. The molecule has 0 bridgehead atoms. The van der Waals surface area contributed by atoms with Crippen molar-refractivity contribution < 1.29 is 18.7 Å². The molecular formula is C23H18FNO3. The molecule has 3 aromatic rings. The van der Waals surface area contributed by atoms with E-state index in [-0.39, 0.29) is 11.7 Å². The quantitative estimate of drug-likeness (QED) is 0.366. The number of ether oxygens (including phenoxy) is 1. The molecule has 4 nitrogen and oxygen atoms in total. The highest BCUT2D eigenvalue weighted by Gasteiger charge is 2.48. The van der Waals surface area contributed by atoms with E-state index in [1.54, 1.807) is 12.1 Å². The number of halogens is 1. The highest BCUT2D eigenvalue weighted by atomic mass is 19.1. The predicted octanol–water partition coefficient (Wildman–Crippen LogP) is 4.31. The number of benzene rings is 3. The standard InChI is InChI=1S/C23H18FNO3/c24-18-8-10-19(11-9-18)25-22(21(14-26)23(25)27)17-6-12-20(13-7-17)28-15-16-4-2-1-3-5-16/h1-14,21-22H,15H2/t21-,22?/m1/s1. The van der Waals surface area contributed by atoms with Crippen molar-refractivity contribution in [2.24, 2.45) is 5.92 Å². The summed E-state index contributed by atoms with van der Waals surface area (Å²) in [6.07, 6.45) is 0.673. The summed E-state index contributed by atoms with van der Waals surface area (Å²) in [6.45, 7) is 0.459. The summed E-state index contributed by atoms with van der Waals surface area (Å²) in [5.74, 6) is -0.688. The average Bonchev–Trinajstić information content (AvgIpc) is 2.73. The van der Waals surface area contributed by atoms with Crippen LogP contribution in [0, 0.1) is 11.7 Å². The van der Waals surface area contributed by atoms with E-state index in [9.17, 15) is 14.0 Å². The zero-order valence-corrected chi connectivity index (χ0v) is 15.0. The van der Waals surface area contributed by atoms with Gasteiger partial charge < -0.3 is 14.4 Å². The van der Waals surface area contributed by atoms with Gasteiger partial charge in [0.15, 0.2) is 0 Å². The summed E-state index contributed by atoms with van der Waals surface area (Å²) in [5, 5.41) is 0. The highest BCUT2D eigenvalue weighted by molar-refractivity contribution is 6.10. The fourth-order valence-corrected chi connectivity index (χ4v) is 3.39. The van der Waals surface area contributed by atoms with Crippen molar-refractivity contribution in [3.63, 3.8) is 0 Å². The van der Waals surface area contributed by atoms with E-state index in [0.29, 0.717) is 24.3 Å². The number of carbonyl (C=O) groups excluding carboxylic acids is 2. The van der Waals surface area contributed by atoms with Crippen molar-refractivity contribution in [1.29, 1.82) is 0 Å². The second-order valence-electron chi connectivity index (χ2n) is 6.63. The van der Waals surface area contributed by atoms with E-state index in [1.165, 1.54) is 17.0 Å². The molecule has 1 aliphatic rings. The van der Waals surface area contributed by atoms with Crippen LogP contribution in [-0.4, -0.2) is 12.2 Å². The van der Waals surface area contributed by atoms with E-state index in [2.05, 4.69) is 0 Å². The second-order valence-corrected chi connectivity index (χ2v) is 6.63. The maximum absolute atomic E-state index is 13.2. The fraction of sp³-hybridized carbons (Fsp3) is 0.130. The van der Waals surface area contributed by atoms with Crippen LogP contribution in [0.2, 0.25) is 0 Å². The molecule has 0 radical (unpaired) electrons. The first kappa shape index (κ1) is 17.9. The fourth-order valence-electron chi connectivity index (χ4n) is 3.39. The number of aldehydes is 1. The maximum atomic E-state index is 13.2. The van der Waals surface area contributed by atoms with Crippen LogP contribution < -0.4 is 9.64 Å². The molecule has 140 valence electrons. The Hall–Kier alpha value is -3.47. The lowest BCUT2D eigenvalue weighted by atomic mass is 9.83. The van der Waals surface area contributed by atoms with Crippen LogP contribution in [0.5, 0.6) is 5.75 Å². The van der Waals surface area contributed by atoms with Gasteiger partial charge in [0.2, 0.25) is 5.91 Å². The van der Waals surface area contributed by atoms with Crippen molar-refractivity contribution in [3.8, 4) is 5.75 Å². The van der Waals surface area contributed by atoms with Crippen LogP contribution in [0.3, 0.4) is 0 Å². The van der Waals surface area contributed by atoms with Crippen LogP contribution in [0.15, 0.2) is 78.9 Å². The Morgan fingerprint density at radius 2 is 1.61 bits per heavy atom. The second kappa shape index (κ2) is 7.64. The summed E-state index contributed by atoms with van der Waals surface area (Å²) in [6, 6.07) is 22.5. The normalized spacial score (nSPS) is 18.5. The summed E-state index contributed by atoms with van der Waals surface area (Å²) in [5.41, 5.74) is 2.46. The smallest absolute Gasteiger partial charge is 0.240 e. The van der Waals surface area contributed by atoms with Gasteiger partial charge in [-0.25, -0.2) is 4.39 Å². The first-order valence-corrected chi connectivity index (χ1v) is 8.98. The van der Waals surface area contributed by atoms with Crippen LogP contribution in [0.25, 0.3) is 0 Å². The lowest BCUT2D eigenvalue weighted by Gasteiger charge is -2.45. The van der Waals surface area contributed by atoms with E-state index in [4.69, 9.17) is 4.74 Å². The summed E-state index contributed by atoms with van der Waals surface area (Å²) >= 11 is 0. The molecule has 0 aromatic heterocycles. The number of anilines is 1. The molecule has 1 unspecified atom stereocenters. The third-order valence-electron chi connectivity index (χ3n) is 4.86. The molecule has 0 spiro atoms. The minimum Gasteiger partial charge on any atom is -0.489 e. The van der Waals surface area contributed by atoms with Gasteiger partial charge in [0, 0.05) is 5.69 Å². The topological polar surface area (TPSA) is 46.6 Å². The van der Waals surface area contributed by atoms with Gasteiger partial charge in [0.05, 0.1) is 6.04 Å².